The van der Waals surface area contributed by atoms with E-state index < -0.39 is 0 Å². The zero-order valence-electron chi connectivity index (χ0n) is 13.2. The molecule has 122 valence electrons. The smallest absolute Gasteiger partial charge is 0.208 e. The Labute approximate surface area is 139 Å². The van der Waals surface area contributed by atoms with Crippen LogP contribution in [0.25, 0.3) is 0 Å². The van der Waals surface area contributed by atoms with Gasteiger partial charge in [-0.05, 0) is 38.3 Å². The number of nitrogens with one attached hydrogen (secondary N) is 1. The Morgan fingerprint density at radius 1 is 1.39 bits per heavy atom. The van der Waals surface area contributed by atoms with Crippen LogP contribution in [0.1, 0.15) is 24.3 Å². The predicted molar refractivity (Wildman–Crippen MR) is 91.0 cm³/mol. The zero-order chi connectivity index (χ0) is 15.7. The molecular weight excluding hydrogens is 310 g/mol. The lowest BCUT2D eigenvalue weighted by Gasteiger charge is -2.38. The van der Waals surface area contributed by atoms with Crippen molar-refractivity contribution in [3.8, 4) is 0 Å². The summed E-state index contributed by atoms with van der Waals surface area (Å²) < 4.78 is 6.21. The number of aryl methyl sites for hydroxylation is 1. The van der Waals surface area contributed by atoms with Crippen LogP contribution in [0.4, 0.5) is 10.9 Å². The fourth-order valence-corrected chi connectivity index (χ4v) is 4.23. The summed E-state index contributed by atoms with van der Waals surface area (Å²) in [4.78, 5) is 6.69. The Morgan fingerprint density at radius 2 is 2.35 bits per heavy atom. The molecule has 0 amide bonds. The van der Waals surface area contributed by atoms with Crippen LogP contribution in [0.15, 0.2) is 24.4 Å². The van der Waals surface area contributed by atoms with Crippen molar-refractivity contribution in [1.29, 1.82) is 0 Å². The topological polar surface area (TPSA) is 63.2 Å². The fraction of sp³-hybridized carbons (Fsp3) is 0.562. The van der Waals surface area contributed by atoms with Crippen LogP contribution in [0.5, 0.6) is 0 Å². The molecular formula is C16H21N5OS. The molecule has 4 heterocycles. The number of hydrogen-bond donors (Lipinski definition) is 1. The number of anilines is 2. The molecule has 2 aromatic rings. The van der Waals surface area contributed by atoms with E-state index in [0.29, 0.717) is 6.04 Å². The van der Waals surface area contributed by atoms with Crippen molar-refractivity contribution in [2.75, 3.05) is 29.9 Å². The first-order valence-corrected chi connectivity index (χ1v) is 8.91. The van der Waals surface area contributed by atoms with Gasteiger partial charge in [-0.3, -0.25) is 0 Å². The van der Waals surface area contributed by atoms with Gasteiger partial charge in [0.1, 0.15) is 10.8 Å². The molecule has 0 bridgehead atoms. The minimum atomic E-state index is -0.0652. The largest absolute Gasteiger partial charge is 0.373 e. The maximum atomic E-state index is 6.21. The lowest BCUT2D eigenvalue weighted by atomic mass is 9.89. The standard InChI is InChI=1S/C16H21N5OS/c1-12-19-20-15(23-12)21-8-6-16(11-21)10-13(5-9-22-16)18-14-4-2-3-7-17-14/h2-4,7,13H,5-6,8-11H2,1H3,(H,17,18)/t13-,16-/m0/s1. The van der Waals surface area contributed by atoms with Crippen LogP contribution in [0.2, 0.25) is 0 Å². The van der Waals surface area contributed by atoms with Crippen molar-refractivity contribution in [2.24, 2.45) is 0 Å². The highest BCUT2D eigenvalue weighted by molar-refractivity contribution is 7.15. The van der Waals surface area contributed by atoms with Gasteiger partial charge in [-0.25, -0.2) is 4.98 Å². The molecule has 2 aromatic heterocycles. The lowest BCUT2D eigenvalue weighted by molar-refractivity contribution is -0.0662. The van der Waals surface area contributed by atoms with E-state index in [4.69, 9.17) is 4.74 Å². The number of nitrogens with zero attached hydrogens (tertiary/aromatic N) is 4. The maximum absolute atomic E-state index is 6.21. The second-order valence-corrected chi connectivity index (χ2v) is 7.52. The fourth-order valence-electron chi connectivity index (χ4n) is 3.51. The molecule has 2 aliphatic heterocycles. The van der Waals surface area contributed by atoms with Crippen molar-refractivity contribution in [1.82, 2.24) is 15.2 Å². The quantitative estimate of drug-likeness (QED) is 0.932. The number of rotatable bonds is 3. The molecule has 0 aliphatic carbocycles. The highest BCUT2D eigenvalue weighted by Gasteiger charge is 2.44. The Bertz CT molecular complexity index is 664. The molecule has 0 saturated carbocycles. The van der Waals surface area contributed by atoms with E-state index in [1.54, 1.807) is 11.3 Å². The highest BCUT2D eigenvalue weighted by Crippen LogP contribution is 2.37. The molecule has 1 N–H and O–H groups in total. The van der Waals surface area contributed by atoms with E-state index in [-0.39, 0.29) is 5.60 Å². The first-order chi connectivity index (χ1) is 11.2. The summed E-state index contributed by atoms with van der Waals surface area (Å²) in [7, 11) is 0. The Hall–Kier alpha value is -1.73. The summed E-state index contributed by atoms with van der Waals surface area (Å²) in [5.41, 5.74) is -0.0652. The molecule has 2 saturated heterocycles. The molecule has 2 atom stereocenters. The summed E-state index contributed by atoms with van der Waals surface area (Å²) in [6, 6.07) is 6.39. The monoisotopic (exact) mass is 331 g/mol. The van der Waals surface area contributed by atoms with Gasteiger partial charge in [-0.15, -0.1) is 10.2 Å². The van der Waals surface area contributed by atoms with Gasteiger partial charge in [0, 0.05) is 31.9 Å². The minimum Gasteiger partial charge on any atom is -0.373 e. The molecule has 1 spiro atoms. The first kappa shape index (κ1) is 14.8. The molecule has 0 radical (unpaired) electrons. The van der Waals surface area contributed by atoms with Crippen molar-refractivity contribution >= 4 is 22.3 Å². The summed E-state index contributed by atoms with van der Waals surface area (Å²) in [6.45, 7) is 4.69. The van der Waals surface area contributed by atoms with E-state index in [1.807, 2.05) is 31.3 Å². The van der Waals surface area contributed by atoms with E-state index in [2.05, 4.69) is 25.4 Å². The normalized spacial score (nSPS) is 27.5. The van der Waals surface area contributed by atoms with Crippen LogP contribution in [0, 0.1) is 6.92 Å². The molecule has 4 rings (SSSR count). The number of hydrogen-bond acceptors (Lipinski definition) is 7. The van der Waals surface area contributed by atoms with Gasteiger partial charge < -0.3 is 15.0 Å². The molecule has 0 unspecified atom stereocenters. The summed E-state index contributed by atoms with van der Waals surface area (Å²) in [6.07, 6.45) is 4.91. The van der Waals surface area contributed by atoms with Crippen LogP contribution < -0.4 is 10.2 Å². The van der Waals surface area contributed by atoms with E-state index in [9.17, 15) is 0 Å². The zero-order valence-corrected chi connectivity index (χ0v) is 14.1. The molecule has 2 fully saturated rings. The van der Waals surface area contributed by atoms with E-state index >= 15 is 0 Å². The third-order valence-electron chi connectivity index (χ3n) is 4.61. The second kappa shape index (κ2) is 6.05. The van der Waals surface area contributed by atoms with Gasteiger partial charge in [-0.1, -0.05) is 17.4 Å². The van der Waals surface area contributed by atoms with Gasteiger partial charge in [0.05, 0.1) is 5.60 Å². The van der Waals surface area contributed by atoms with Crippen LogP contribution in [0.3, 0.4) is 0 Å². The molecule has 23 heavy (non-hydrogen) atoms. The number of pyridine rings is 1. The van der Waals surface area contributed by atoms with E-state index in [1.165, 1.54) is 0 Å². The van der Waals surface area contributed by atoms with Gasteiger partial charge >= 0.3 is 0 Å². The second-order valence-electron chi connectivity index (χ2n) is 6.36. The lowest BCUT2D eigenvalue weighted by Crippen LogP contribution is -2.46. The molecule has 0 aromatic carbocycles. The highest BCUT2D eigenvalue weighted by atomic mass is 32.1. The molecule has 2 aliphatic rings. The van der Waals surface area contributed by atoms with Crippen LogP contribution in [-0.4, -0.2) is 46.5 Å². The molecule has 7 heteroatoms. The minimum absolute atomic E-state index is 0.0652. The van der Waals surface area contributed by atoms with Crippen LogP contribution >= 0.6 is 11.3 Å². The Morgan fingerprint density at radius 3 is 3.13 bits per heavy atom. The number of ether oxygens (including phenoxy) is 1. The summed E-state index contributed by atoms with van der Waals surface area (Å²) in [5.74, 6) is 0.948. The van der Waals surface area contributed by atoms with Crippen molar-refractivity contribution in [3.05, 3.63) is 29.4 Å². The molecule has 6 nitrogen and oxygen atoms in total. The van der Waals surface area contributed by atoms with E-state index in [0.717, 1.165) is 54.9 Å². The number of aromatic nitrogens is 3. The van der Waals surface area contributed by atoms with Gasteiger partial charge in [-0.2, -0.15) is 0 Å². The van der Waals surface area contributed by atoms with Gasteiger partial charge in [0.15, 0.2) is 0 Å². The average Bonchev–Trinajstić information content (AvgIpc) is 3.15. The first-order valence-electron chi connectivity index (χ1n) is 8.09. The van der Waals surface area contributed by atoms with Crippen molar-refractivity contribution < 1.29 is 4.74 Å². The summed E-state index contributed by atoms with van der Waals surface area (Å²) >= 11 is 1.66. The van der Waals surface area contributed by atoms with Crippen molar-refractivity contribution in [3.63, 3.8) is 0 Å². The maximum Gasteiger partial charge on any atom is 0.208 e. The van der Waals surface area contributed by atoms with Crippen molar-refractivity contribution in [2.45, 2.75) is 37.8 Å². The Kier molecular flexibility index (Phi) is 3.90. The van der Waals surface area contributed by atoms with Crippen LogP contribution in [-0.2, 0) is 4.74 Å². The SMILES string of the molecule is Cc1nnc(N2CC[C@]3(C[C@@H](Nc4ccccn4)CCO3)C2)s1. The average molecular weight is 331 g/mol. The predicted octanol–water partition coefficient (Wildman–Crippen LogP) is 2.48. The summed E-state index contributed by atoms with van der Waals surface area (Å²) in [5, 5.41) is 14.0. The Balaban J connectivity index is 1.43. The third-order valence-corrected chi connectivity index (χ3v) is 5.51. The van der Waals surface area contributed by atoms with Gasteiger partial charge in [0.2, 0.25) is 5.13 Å². The van der Waals surface area contributed by atoms with Gasteiger partial charge in [0.25, 0.3) is 0 Å². The third kappa shape index (κ3) is 3.16.